The van der Waals surface area contributed by atoms with Crippen LogP contribution >= 0.6 is 0 Å². The number of carbonyl (C=O) groups excluding carboxylic acids is 1. The van der Waals surface area contributed by atoms with Crippen molar-refractivity contribution in [1.29, 1.82) is 0 Å². The van der Waals surface area contributed by atoms with Gasteiger partial charge in [-0.05, 0) is 30.4 Å². The molecule has 21 heavy (non-hydrogen) atoms. The molecule has 2 aromatic rings. The highest BCUT2D eigenvalue weighted by molar-refractivity contribution is 5.93. The van der Waals surface area contributed by atoms with Gasteiger partial charge in [-0.1, -0.05) is 12.1 Å². The third-order valence-corrected chi connectivity index (χ3v) is 2.58. The van der Waals surface area contributed by atoms with Gasteiger partial charge in [0.15, 0.2) is 0 Å². The van der Waals surface area contributed by atoms with Gasteiger partial charge in [-0.15, -0.1) is 0 Å². The van der Waals surface area contributed by atoms with E-state index < -0.39 is 4.92 Å². The van der Waals surface area contributed by atoms with Gasteiger partial charge in [0.1, 0.15) is 5.69 Å². The van der Waals surface area contributed by atoms with E-state index >= 15 is 0 Å². The lowest BCUT2D eigenvalue weighted by Gasteiger charge is -1.96. The van der Waals surface area contributed by atoms with E-state index in [9.17, 15) is 14.9 Å². The largest absolute Gasteiger partial charge is 0.357 e. The van der Waals surface area contributed by atoms with Gasteiger partial charge in [-0.3, -0.25) is 14.9 Å². The number of benzene rings is 1. The first-order chi connectivity index (χ1) is 10.2. The Kier molecular flexibility index (Phi) is 4.60. The fourth-order valence-electron chi connectivity index (χ4n) is 1.61. The number of hydrazone groups is 1. The lowest BCUT2D eigenvalue weighted by Crippen LogP contribution is -2.17. The van der Waals surface area contributed by atoms with Gasteiger partial charge in [0.05, 0.1) is 10.5 Å². The van der Waals surface area contributed by atoms with Crippen LogP contribution in [0.1, 0.15) is 16.1 Å². The van der Waals surface area contributed by atoms with E-state index in [1.165, 1.54) is 18.4 Å². The Hall–Kier alpha value is -3.22. The molecule has 0 bridgehead atoms. The Labute approximate surface area is 120 Å². The monoisotopic (exact) mass is 284 g/mol. The van der Waals surface area contributed by atoms with Crippen LogP contribution < -0.4 is 5.43 Å². The fourth-order valence-corrected chi connectivity index (χ4v) is 1.61. The molecule has 7 nitrogen and oxygen atoms in total. The summed E-state index contributed by atoms with van der Waals surface area (Å²) in [6.07, 6.45) is 6.03. The second-order valence-electron chi connectivity index (χ2n) is 3.98. The highest BCUT2D eigenvalue weighted by atomic mass is 16.6. The number of allylic oxidation sites excluding steroid dienone is 1. The van der Waals surface area contributed by atoms with Crippen LogP contribution in [-0.2, 0) is 0 Å². The lowest BCUT2D eigenvalue weighted by molar-refractivity contribution is -0.385. The van der Waals surface area contributed by atoms with Crippen LogP contribution in [0.2, 0.25) is 0 Å². The van der Waals surface area contributed by atoms with Crippen molar-refractivity contribution >= 4 is 23.9 Å². The van der Waals surface area contributed by atoms with E-state index in [1.807, 2.05) is 0 Å². The molecule has 1 aromatic carbocycles. The Bertz CT molecular complexity index is 690. The van der Waals surface area contributed by atoms with E-state index in [-0.39, 0.29) is 11.6 Å². The molecule has 0 unspecified atom stereocenters. The van der Waals surface area contributed by atoms with Crippen LogP contribution in [-0.4, -0.2) is 22.0 Å². The molecular formula is C14H12N4O3. The van der Waals surface area contributed by atoms with E-state index in [0.29, 0.717) is 11.3 Å². The zero-order chi connectivity index (χ0) is 15.1. The van der Waals surface area contributed by atoms with Gasteiger partial charge in [0.25, 0.3) is 11.6 Å². The van der Waals surface area contributed by atoms with Gasteiger partial charge in [0.2, 0.25) is 0 Å². The van der Waals surface area contributed by atoms with Gasteiger partial charge in [-0.25, -0.2) is 5.43 Å². The smallest absolute Gasteiger partial charge is 0.287 e. The molecule has 106 valence electrons. The molecule has 1 heterocycles. The summed E-state index contributed by atoms with van der Waals surface area (Å²) in [7, 11) is 0. The summed E-state index contributed by atoms with van der Waals surface area (Å²) < 4.78 is 0. The Balaban J connectivity index is 1.95. The first kappa shape index (κ1) is 14.2. The molecule has 0 aliphatic rings. The number of carbonyl (C=O) groups is 1. The second-order valence-corrected chi connectivity index (χ2v) is 3.98. The van der Waals surface area contributed by atoms with Gasteiger partial charge in [-0.2, -0.15) is 5.10 Å². The van der Waals surface area contributed by atoms with Crippen molar-refractivity contribution in [3.05, 3.63) is 70.0 Å². The molecule has 0 spiro atoms. The summed E-state index contributed by atoms with van der Waals surface area (Å²) in [6.45, 7) is 0. The summed E-state index contributed by atoms with van der Waals surface area (Å²) in [5.41, 5.74) is 3.20. The highest BCUT2D eigenvalue weighted by Gasteiger charge is 2.08. The zero-order valence-corrected chi connectivity index (χ0v) is 10.9. The van der Waals surface area contributed by atoms with Crippen LogP contribution in [0.25, 0.3) is 6.08 Å². The van der Waals surface area contributed by atoms with E-state index in [1.54, 1.807) is 42.6 Å². The first-order valence-corrected chi connectivity index (χ1v) is 6.05. The molecule has 0 aliphatic carbocycles. The molecule has 7 heteroatoms. The van der Waals surface area contributed by atoms with Crippen molar-refractivity contribution in [1.82, 2.24) is 10.4 Å². The minimum atomic E-state index is -0.455. The molecule has 2 rings (SSSR count). The molecule has 0 fully saturated rings. The number of hydrogen-bond acceptors (Lipinski definition) is 4. The number of amides is 1. The van der Waals surface area contributed by atoms with E-state index in [2.05, 4.69) is 15.5 Å². The molecule has 0 saturated heterocycles. The summed E-state index contributed by atoms with van der Waals surface area (Å²) in [4.78, 5) is 24.6. The third kappa shape index (κ3) is 3.87. The SMILES string of the molecule is O=C(N/N=C\C=C\c1ccccc1[N+](=O)[O-])c1ccc[nH]1. The third-order valence-electron chi connectivity index (χ3n) is 2.58. The van der Waals surface area contributed by atoms with Crippen molar-refractivity contribution in [2.24, 2.45) is 5.10 Å². The Morgan fingerprint density at radius 1 is 1.29 bits per heavy atom. The Morgan fingerprint density at radius 3 is 2.81 bits per heavy atom. The summed E-state index contributed by atoms with van der Waals surface area (Å²) in [5.74, 6) is -0.365. The number of H-pyrrole nitrogens is 1. The van der Waals surface area contributed by atoms with Crippen LogP contribution in [0.3, 0.4) is 0 Å². The maximum absolute atomic E-state index is 11.5. The van der Waals surface area contributed by atoms with Gasteiger partial charge < -0.3 is 4.98 Å². The summed E-state index contributed by atoms with van der Waals surface area (Å²) in [6, 6.07) is 9.67. The second kappa shape index (κ2) is 6.80. The topological polar surface area (TPSA) is 100 Å². The number of nitrogens with zero attached hydrogens (tertiary/aromatic N) is 2. The van der Waals surface area contributed by atoms with E-state index in [4.69, 9.17) is 0 Å². The van der Waals surface area contributed by atoms with Crippen LogP contribution in [0.4, 0.5) is 5.69 Å². The number of nitro benzene ring substituents is 1. The molecule has 0 saturated carbocycles. The van der Waals surface area contributed by atoms with Gasteiger partial charge in [0, 0.05) is 18.5 Å². The van der Waals surface area contributed by atoms with Crippen LogP contribution in [0, 0.1) is 10.1 Å². The molecular weight excluding hydrogens is 272 g/mol. The summed E-state index contributed by atoms with van der Waals surface area (Å²) >= 11 is 0. The van der Waals surface area contributed by atoms with Crippen molar-refractivity contribution in [3.8, 4) is 0 Å². The van der Waals surface area contributed by atoms with Crippen LogP contribution in [0.5, 0.6) is 0 Å². The highest BCUT2D eigenvalue weighted by Crippen LogP contribution is 2.18. The molecule has 1 amide bonds. The van der Waals surface area contributed by atoms with Crippen molar-refractivity contribution in [2.75, 3.05) is 0 Å². The quantitative estimate of drug-likeness (QED) is 0.500. The number of nitrogens with one attached hydrogen (secondary N) is 2. The number of hydrogen-bond donors (Lipinski definition) is 2. The molecule has 0 radical (unpaired) electrons. The molecule has 2 N–H and O–H groups in total. The number of rotatable bonds is 5. The number of aromatic nitrogens is 1. The summed E-state index contributed by atoms with van der Waals surface area (Å²) in [5, 5.41) is 14.5. The minimum absolute atomic E-state index is 0.0116. The maximum atomic E-state index is 11.5. The van der Waals surface area contributed by atoms with Gasteiger partial charge >= 0.3 is 0 Å². The fraction of sp³-hybridized carbons (Fsp3) is 0. The number of para-hydroxylation sites is 1. The first-order valence-electron chi connectivity index (χ1n) is 6.05. The average Bonchev–Trinajstić information content (AvgIpc) is 3.01. The Morgan fingerprint density at radius 2 is 2.10 bits per heavy atom. The number of nitro groups is 1. The average molecular weight is 284 g/mol. The van der Waals surface area contributed by atoms with E-state index in [0.717, 1.165) is 0 Å². The van der Waals surface area contributed by atoms with Crippen LogP contribution in [0.15, 0.2) is 53.8 Å². The zero-order valence-electron chi connectivity index (χ0n) is 10.9. The maximum Gasteiger partial charge on any atom is 0.287 e. The predicted octanol–water partition coefficient (Wildman–Crippen LogP) is 2.35. The lowest BCUT2D eigenvalue weighted by atomic mass is 10.2. The normalized spacial score (nSPS) is 11.0. The van der Waals surface area contributed by atoms with Crippen molar-refractivity contribution in [3.63, 3.8) is 0 Å². The standard InChI is InChI=1S/C14H12N4O3/c19-14(12-7-4-9-15-12)17-16-10-3-6-11-5-1-2-8-13(11)18(20)21/h1-10,15H,(H,17,19)/b6-3+,16-10-. The molecule has 0 atom stereocenters. The number of aromatic amines is 1. The van der Waals surface area contributed by atoms with Crippen molar-refractivity contribution < 1.29 is 9.72 Å². The van der Waals surface area contributed by atoms with Crippen molar-refractivity contribution in [2.45, 2.75) is 0 Å². The molecule has 0 aliphatic heterocycles. The molecule has 1 aromatic heterocycles. The predicted molar refractivity (Wildman–Crippen MR) is 78.9 cm³/mol. The minimum Gasteiger partial charge on any atom is -0.357 e.